The molecule has 1 aliphatic rings. The first kappa shape index (κ1) is 22.1. The quantitative estimate of drug-likeness (QED) is 0.438. The number of likely N-dealkylation sites (N-methyl/N-ethyl adjacent to an activating group) is 1. The van der Waals surface area contributed by atoms with Crippen molar-refractivity contribution in [2.75, 3.05) is 26.7 Å². The number of rotatable bonds is 4. The maximum absolute atomic E-state index is 13.3. The molecule has 7 nitrogen and oxygen atoms in total. The van der Waals surface area contributed by atoms with E-state index in [2.05, 4.69) is 27.1 Å². The molecule has 1 fully saturated rings. The van der Waals surface area contributed by atoms with E-state index in [0.717, 1.165) is 32.7 Å². The molecule has 172 valence electrons. The van der Waals surface area contributed by atoms with E-state index in [4.69, 9.17) is 0 Å². The Labute approximate surface area is 196 Å². The van der Waals surface area contributed by atoms with Gasteiger partial charge >= 0.3 is 0 Å². The predicted octanol–water partition coefficient (Wildman–Crippen LogP) is 3.92. The van der Waals surface area contributed by atoms with Crippen LogP contribution >= 0.6 is 11.3 Å². The van der Waals surface area contributed by atoms with E-state index in [-0.39, 0.29) is 16.9 Å². The van der Waals surface area contributed by atoms with Crippen LogP contribution in [0.1, 0.15) is 22.2 Å². The van der Waals surface area contributed by atoms with Gasteiger partial charge in [-0.2, -0.15) is 9.40 Å². The highest BCUT2D eigenvalue weighted by molar-refractivity contribution is 7.89. The van der Waals surface area contributed by atoms with Gasteiger partial charge in [0, 0.05) is 36.4 Å². The van der Waals surface area contributed by atoms with Gasteiger partial charge in [0.25, 0.3) is 10.0 Å². The van der Waals surface area contributed by atoms with Gasteiger partial charge in [-0.15, -0.1) is 11.3 Å². The smallest absolute Gasteiger partial charge is 0.261 e. The van der Waals surface area contributed by atoms with Crippen molar-refractivity contribution in [1.29, 1.82) is 0 Å². The van der Waals surface area contributed by atoms with Crippen molar-refractivity contribution in [1.82, 2.24) is 24.0 Å². The molecule has 0 aliphatic carbocycles. The minimum absolute atomic E-state index is 0.0909. The fourth-order valence-electron chi connectivity index (χ4n) is 4.34. The van der Waals surface area contributed by atoms with Crippen LogP contribution in [0, 0.1) is 19.7 Å². The number of fused-ring (bicyclic) bond motifs is 1. The molecule has 0 radical (unpaired) electrons. The van der Waals surface area contributed by atoms with Crippen LogP contribution < -0.4 is 0 Å². The fourth-order valence-corrected chi connectivity index (χ4v) is 6.68. The lowest BCUT2D eigenvalue weighted by atomic mass is 9.97. The van der Waals surface area contributed by atoms with Crippen molar-refractivity contribution in [3.63, 3.8) is 0 Å². The molecule has 1 unspecified atom stereocenters. The highest BCUT2D eigenvalue weighted by Gasteiger charge is 2.35. The monoisotopic (exact) mass is 485 g/mol. The third kappa shape index (κ3) is 3.97. The number of aromatic nitrogens is 3. The van der Waals surface area contributed by atoms with Crippen LogP contribution in [0.3, 0.4) is 0 Å². The summed E-state index contributed by atoms with van der Waals surface area (Å²) < 4.78 is 43.0. The molecule has 4 aromatic rings. The van der Waals surface area contributed by atoms with E-state index < -0.39 is 10.0 Å². The molecule has 2 aromatic heterocycles. The van der Waals surface area contributed by atoms with Crippen LogP contribution in [0.25, 0.3) is 16.6 Å². The molecular weight excluding hydrogens is 461 g/mol. The van der Waals surface area contributed by atoms with Gasteiger partial charge < -0.3 is 0 Å². The number of hydrogen-bond donors (Lipinski definition) is 0. The first-order valence-electron chi connectivity index (χ1n) is 10.6. The lowest BCUT2D eigenvalue weighted by Crippen LogP contribution is -2.49. The van der Waals surface area contributed by atoms with Gasteiger partial charge in [0.1, 0.15) is 5.82 Å². The van der Waals surface area contributed by atoms with Gasteiger partial charge in [-0.1, -0.05) is 0 Å². The Bertz CT molecular complexity index is 1430. The highest BCUT2D eigenvalue weighted by Crippen LogP contribution is 2.33. The first-order chi connectivity index (χ1) is 15.7. The molecule has 1 atom stereocenters. The van der Waals surface area contributed by atoms with Crippen molar-refractivity contribution >= 4 is 32.3 Å². The maximum Gasteiger partial charge on any atom is 0.261 e. The summed E-state index contributed by atoms with van der Waals surface area (Å²) >= 11 is 1.34. The lowest BCUT2D eigenvalue weighted by Gasteiger charge is -2.39. The average Bonchev–Trinajstić information content (AvgIpc) is 3.40. The molecular formula is C23H24FN5O2S2. The van der Waals surface area contributed by atoms with Gasteiger partial charge in [0.05, 0.1) is 22.4 Å². The van der Waals surface area contributed by atoms with Crippen molar-refractivity contribution in [2.24, 2.45) is 0 Å². The number of benzene rings is 2. The van der Waals surface area contributed by atoms with Crippen LogP contribution in [0.5, 0.6) is 0 Å². The zero-order valence-electron chi connectivity index (χ0n) is 18.6. The van der Waals surface area contributed by atoms with E-state index in [9.17, 15) is 12.8 Å². The molecule has 5 rings (SSSR count). The van der Waals surface area contributed by atoms with E-state index >= 15 is 0 Å². The molecule has 0 saturated carbocycles. The summed E-state index contributed by atoms with van der Waals surface area (Å²) in [5, 5.41) is 7.92. The molecule has 2 aromatic carbocycles. The SMILES string of the molecule is Cc1nc(S(=O)(=O)N2CCN(C)C(c3cc4cnn(-c5ccc(F)cc5)c4cc3C)C2)cs1. The number of thiazole rings is 1. The van der Waals surface area contributed by atoms with Crippen molar-refractivity contribution < 1.29 is 12.8 Å². The lowest BCUT2D eigenvalue weighted by molar-refractivity contribution is 0.148. The normalized spacial score (nSPS) is 18.2. The summed E-state index contributed by atoms with van der Waals surface area (Å²) in [5.74, 6) is -0.290. The van der Waals surface area contributed by atoms with Gasteiger partial charge in [-0.25, -0.2) is 22.5 Å². The van der Waals surface area contributed by atoms with Crippen LogP contribution in [0.2, 0.25) is 0 Å². The largest absolute Gasteiger partial charge is 0.297 e. The van der Waals surface area contributed by atoms with Crippen LogP contribution in [-0.4, -0.2) is 59.1 Å². The van der Waals surface area contributed by atoms with E-state index in [1.165, 1.54) is 27.8 Å². The third-order valence-electron chi connectivity index (χ3n) is 6.20. The number of hydrogen-bond acceptors (Lipinski definition) is 6. The molecule has 0 spiro atoms. The third-order valence-corrected chi connectivity index (χ3v) is 8.87. The topological polar surface area (TPSA) is 71.3 Å². The van der Waals surface area contributed by atoms with Gasteiger partial charge in [0.2, 0.25) is 0 Å². The second kappa shape index (κ2) is 8.28. The summed E-state index contributed by atoms with van der Waals surface area (Å²) in [5.41, 5.74) is 3.82. The number of nitrogens with zero attached hydrogens (tertiary/aromatic N) is 5. The van der Waals surface area contributed by atoms with Crippen molar-refractivity contribution in [3.8, 4) is 5.69 Å². The van der Waals surface area contributed by atoms with E-state index in [1.54, 1.807) is 35.3 Å². The second-order valence-electron chi connectivity index (χ2n) is 8.36. The summed E-state index contributed by atoms with van der Waals surface area (Å²) in [6, 6.07) is 10.3. The van der Waals surface area contributed by atoms with Crippen molar-refractivity contribution in [2.45, 2.75) is 24.9 Å². The Kier molecular flexibility index (Phi) is 5.56. The minimum atomic E-state index is -3.64. The summed E-state index contributed by atoms with van der Waals surface area (Å²) in [6.07, 6.45) is 1.79. The molecule has 10 heteroatoms. The molecule has 33 heavy (non-hydrogen) atoms. The Hall–Kier alpha value is -2.66. The highest BCUT2D eigenvalue weighted by atomic mass is 32.2. The Morgan fingerprint density at radius 2 is 1.88 bits per heavy atom. The van der Waals surface area contributed by atoms with E-state index in [1.807, 2.05) is 14.0 Å². The fraction of sp³-hybridized carbons (Fsp3) is 0.304. The Morgan fingerprint density at radius 3 is 2.58 bits per heavy atom. The Balaban J connectivity index is 1.50. The summed E-state index contributed by atoms with van der Waals surface area (Å²) in [4.78, 5) is 6.40. The number of sulfonamides is 1. The van der Waals surface area contributed by atoms with Crippen LogP contribution in [0.4, 0.5) is 4.39 Å². The maximum atomic E-state index is 13.3. The summed E-state index contributed by atoms with van der Waals surface area (Å²) in [6.45, 7) is 5.24. The second-order valence-corrected chi connectivity index (χ2v) is 11.3. The molecule has 3 heterocycles. The number of halogens is 1. The molecule has 0 amide bonds. The van der Waals surface area contributed by atoms with Gasteiger partial charge in [-0.3, -0.25) is 4.90 Å². The molecule has 1 aliphatic heterocycles. The van der Waals surface area contributed by atoms with Gasteiger partial charge in [0.15, 0.2) is 5.03 Å². The molecule has 1 saturated heterocycles. The van der Waals surface area contributed by atoms with E-state index in [0.29, 0.717) is 19.6 Å². The van der Waals surface area contributed by atoms with Crippen LogP contribution in [-0.2, 0) is 10.0 Å². The zero-order chi connectivity index (χ0) is 23.3. The zero-order valence-corrected chi connectivity index (χ0v) is 20.2. The minimum Gasteiger partial charge on any atom is -0.297 e. The van der Waals surface area contributed by atoms with Gasteiger partial charge in [-0.05, 0) is 68.4 Å². The summed E-state index contributed by atoms with van der Waals surface area (Å²) in [7, 11) is -1.62. The Morgan fingerprint density at radius 1 is 1.12 bits per heavy atom. The number of piperazine rings is 1. The van der Waals surface area contributed by atoms with Crippen LogP contribution in [0.15, 0.2) is 53.0 Å². The molecule has 0 bridgehead atoms. The molecule has 0 N–H and O–H groups in total. The standard InChI is InChI=1S/C23H24FN5O2S2/c1-15-10-21-17(12-25-29(21)19-6-4-18(24)5-7-19)11-20(15)22-13-28(9-8-27(22)3)33(30,31)23-14-32-16(2)26-23/h4-7,10-12,14,22H,8-9,13H2,1-3H3. The average molecular weight is 486 g/mol. The number of aryl methyl sites for hydroxylation is 2. The van der Waals surface area contributed by atoms with Crippen molar-refractivity contribution in [3.05, 3.63) is 69.9 Å². The first-order valence-corrected chi connectivity index (χ1v) is 12.9. The predicted molar refractivity (Wildman–Crippen MR) is 127 cm³/mol.